The molecular formula is C30H36N2O4. The SMILES string of the molecule is C=C(C)c1ccc(NC(=O)c2cc(OCc3ccccc3)cc(OC(C)COC)c2)nc1.CC1CC1. The maximum absolute atomic E-state index is 12.9. The minimum Gasteiger partial charge on any atom is -0.489 e. The molecule has 1 amide bonds. The highest BCUT2D eigenvalue weighted by Crippen LogP contribution is 2.27. The number of nitrogens with one attached hydrogen (secondary N) is 1. The molecule has 1 atom stereocenters. The molecule has 1 aromatic heterocycles. The molecule has 190 valence electrons. The molecule has 2 aromatic carbocycles. The largest absolute Gasteiger partial charge is 0.489 e. The fraction of sp³-hybridized carbons (Fsp3) is 0.333. The van der Waals surface area contributed by atoms with Gasteiger partial charge in [-0.05, 0) is 60.7 Å². The maximum atomic E-state index is 12.9. The predicted molar refractivity (Wildman–Crippen MR) is 144 cm³/mol. The summed E-state index contributed by atoms with van der Waals surface area (Å²) in [6.45, 7) is 10.8. The Morgan fingerprint density at radius 3 is 2.36 bits per heavy atom. The molecule has 1 aliphatic carbocycles. The second kappa shape index (κ2) is 13.4. The Labute approximate surface area is 214 Å². The summed E-state index contributed by atoms with van der Waals surface area (Å²) in [6.07, 6.45) is 4.47. The average Bonchev–Trinajstić information content (AvgIpc) is 3.66. The summed E-state index contributed by atoms with van der Waals surface area (Å²) >= 11 is 0. The van der Waals surface area contributed by atoms with E-state index in [-0.39, 0.29) is 12.0 Å². The van der Waals surface area contributed by atoms with E-state index in [9.17, 15) is 4.79 Å². The van der Waals surface area contributed by atoms with Crippen LogP contribution in [0.25, 0.3) is 5.57 Å². The third-order valence-corrected chi connectivity index (χ3v) is 5.49. The van der Waals surface area contributed by atoms with Crippen LogP contribution in [0, 0.1) is 5.92 Å². The monoisotopic (exact) mass is 488 g/mol. The van der Waals surface area contributed by atoms with E-state index >= 15 is 0 Å². The van der Waals surface area contributed by atoms with Gasteiger partial charge in [-0.3, -0.25) is 4.79 Å². The van der Waals surface area contributed by atoms with Crippen molar-refractivity contribution in [1.29, 1.82) is 0 Å². The second-order valence-electron chi connectivity index (χ2n) is 9.20. The van der Waals surface area contributed by atoms with E-state index in [2.05, 4.69) is 23.8 Å². The van der Waals surface area contributed by atoms with E-state index in [4.69, 9.17) is 14.2 Å². The molecule has 36 heavy (non-hydrogen) atoms. The third kappa shape index (κ3) is 9.19. The van der Waals surface area contributed by atoms with Crippen LogP contribution in [0.2, 0.25) is 0 Å². The number of pyridine rings is 1. The Balaban J connectivity index is 0.000000819. The summed E-state index contributed by atoms with van der Waals surface area (Å²) in [5.74, 6) is 2.28. The highest BCUT2D eigenvalue weighted by atomic mass is 16.5. The first-order chi connectivity index (χ1) is 17.3. The number of carbonyl (C=O) groups excluding carboxylic acids is 1. The van der Waals surface area contributed by atoms with Gasteiger partial charge in [0.15, 0.2) is 0 Å². The zero-order valence-electron chi connectivity index (χ0n) is 21.6. The van der Waals surface area contributed by atoms with Gasteiger partial charge in [0.1, 0.15) is 30.0 Å². The lowest BCUT2D eigenvalue weighted by Gasteiger charge is -2.16. The summed E-state index contributed by atoms with van der Waals surface area (Å²) < 4.78 is 17.0. The van der Waals surface area contributed by atoms with Crippen molar-refractivity contribution in [2.75, 3.05) is 19.0 Å². The van der Waals surface area contributed by atoms with Crippen molar-refractivity contribution in [2.45, 2.75) is 46.3 Å². The zero-order valence-corrected chi connectivity index (χ0v) is 21.6. The predicted octanol–water partition coefficient (Wildman–Crippen LogP) is 6.78. The molecule has 0 bridgehead atoms. The van der Waals surface area contributed by atoms with Crippen LogP contribution in [-0.2, 0) is 11.3 Å². The standard InChI is InChI=1S/C26H28N2O4.C4H8/c1-18(2)21-10-11-25(27-15-21)28-26(29)22-12-23(31-17-20-8-6-5-7-9-20)14-24(13-22)32-19(3)16-30-4;1-4-2-3-4/h5-15,19H,1,16-17H2,2-4H3,(H,27,28,29);4H,2-3H2,1H3. The van der Waals surface area contributed by atoms with Crippen molar-refractivity contribution in [2.24, 2.45) is 5.92 Å². The number of amides is 1. The molecule has 1 N–H and O–H groups in total. The lowest BCUT2D eigenvalue weighted by Crippen LogP contribution is -2.19. The normalized spacial score (nSPS) is 13.1. The number of rotatable bonds is 10. The number of carbonyl (C=O) groups is 1. The van der Waals surface area contributed by atoms with Crippen LogP contribution in [-0.4, -0.2) is 30.7 Å². The molecule has 6 nitrogen and oxygen atoms in total. The molecule has 0 saturated heterocycles. The van der Waals surface area contributed by atoms with Gasteiger partial charge in [-0.15, -0.1) is 0 Å². The molecule has 1 saturated carbocycles. The Bertz CT molecular complexity index is 1130. The minimum absolute atomic E-state index is 0.184. The zero-order chi connectivity index (χ0) is 25.9. The summed E-state index contributed by atoms with van der Waals surface area (Å²) in [7, 11) is 1.62. The van der Waals surface area contributed by atoms with Crippen molar-refractivity contribution in [3.05, 3.63) is 90.1 Å². The van der Waals surface area contributed by atoms with Gasteiger partial charge < -0.3 is 19.5 Å². The lowest BCUT2D eigenvalue weighted by atomic mass is 10.1. The van der Waals surface area contributed by atoms with Crippen molar-refractivity contribution in [3.8, 4) is 11.5 Å². The highest BCUT2D eigenvalue weighted by molar-refractivity contribution is 6.04. The van der Waals surface area contributed by atoms with Gasteiger partial charge in [0.2, 0.25) is 0 Å². The minimum atomic E-state index is -0.310. The summed E-state index contributed by atoms with van der Waals surface area (Å²) in [5.41, 5.74) is 3.26. The van der Waals surface area contributed by atoms with Crippen LogP contribution < -0.4 is 14.8 Å². The quantitative estimate of drug-likeness (QED) is 0.341. The van der Waals surface area contributed by atoms with Crippen molar-refractivity contribution in [3.63, 3.8) is 0 Å². The van der Waals surface area contributed by atoms with Crippen molar-refractivity contribution in [1.82, 2.24) is 4.98 Å². The average molecular weight is 489 g/mol. The number of allylic oxidation sites excluding steroid dienone is 1. The maximum Gasteiger partial charge on any atom is 0.257 e. The molecule has 0 aliphatic heterocycles. The molecule has 3 aromatic rings. The van der Waals surface area contributed by atoms with Gasteiger partial charge >= 0.3 is 0 Å². The van der Waals surface area contributed by atoms with Gasteiger partial charge in [-0.1, -0.05) is 56.7 Å². The number of ether oxygens (including phenoxy) is 3. The number of benzene rings is 2. The molecule has 1 unspecified atom stereocenters. The third-order valence-electron chi connectivity index (χ3n) is 5.49. The van der Waals surface area contributed by atoms with Crippen LogP contribution >= 0.6 is 0 Å². The Morgan fingerprint density at radius 1 is 1.08 bits per heavy atom. The fourth-order valence-electron chi connectivity index (χ4n) is 3.17. The lowest BCUT2D eigenvalue weighted by molar-refractivity contribution is 0.0914. The van der Waals surface area contributed by atoms with Gasteiger partial charge in [-0.2, -0.15) is 0 Å². The van der Waals surface area contributed by atoms with Gasteiger partial charge in [0.05, 0.1) is 6.61 Å². The van der Waals surface area contributed by atoms with Gasteiger partial charge in [0, 0.05) is 24.9 Å². The molecule has 6 heteroatoms. The van der Waals surface area contributed by atoms with Gasteiger partial charge in [-0.25, -0.2) is 4.98 Å². The molecule has 0 radical (unpaired) electrons. The van der Waals surface area contributed by atoms with Crippen LogP contribution in [0.5, 0.6) is 11.5 Å². The topological polar surface area (TPSA) is 69.7 Å². The summed E-state index contributed by atoms with van der Waals surface area (Å²) in [5, 5.41) is 2.82. The Morgan fingerprint density at radius 2 is 1.78 bits per heavy atom. The first kappa shape index (κ1) is 27.0. The second-order valence-corrected chi connectivity index (χ2v) is 9.20. The van der Waals surface area contributed by atoms with E-state index in [0.29, 0.717) is 36.1 Å². The van der Waals surface area contributed by atoms with Crippen molar-refractivity contribution >= 4 is 17.3 Å². The fourth-order valence-corrected chi connectivity index (χ4v) is 3.17. The van der Waals surface area contributed by atoms with E-state index in [1.54, 1.807) is 37.6 Å². The molecular weight excluding hydrogens is 452 g/mol. The van der Waals surface area contributed by atoms with Crippen LogP contribution in [0.3, 0.4) is 0 Å². The molecule has 1 aliphatic rings. The summed E-state index contributed by atoms with van der Waals surface area (Å²) in [4.78, 5) is 17.2. The van der Waals surface area contributed by atoms with Gasteiger partial charge in [0.25, 0.3) is 5.91 Å². The first-order valence-corrected chi connectivity index (χ1v) is 12.2. The number of nitrogens with zero attached hydrogens (tertiary/aromatic N) is 1. The number of hydrogen-bond donors (Lipinski definition) is 1. The molecule has 1 fully saturated rings. The number of anilines is 1. The number of hydrogen-bond acceptors (Lipinski definition) is 5. The Hall–Kier alpha value is -3.64. The van der Waals surface area contributed by atoms with E-state index in [1.807, 2.05) is 50.2 Å². The summed E-state index contributed by atoms with van der Waals surface area (Å²) in [6, 6.07) is 18.6. The van der Waals surface area contributed by atoms with E-state index in [1.165, 1.54) is 12.8 Å². The van der Waals surface area contributed by atoms with E-state index in [0.717, 1.165) is 22.6 Å². The first-order valence-electron chi connectivity index (χ1n) is 12.2. The van der Waals surface area contributed by atoms with Crippen LogP contribution in [0.1, 0.15) is 55.1 Å². The molecule has 4 rings (SSSR count). The van der Waals surface area contributed by atoms with Crippen LogP contribution in [0.4, 0.5) is 5.82 Å². The van der Waals surface area contributed by atoms with E-state index < -0.39 is 0 Å². The van der Waals surface area contributed by atoms with Crippen molar-refractivity contribution < 1.29 is 19.0 Å². The van der Waals surface area contributed by atoms with Crippen LogP contribution in [0.15, 0.2) is 73.4 Å². The Kier molecular flexibility index (Phi) is 10.1. The number of aromatic nitrogens is 1. The molecule has 0 spiro atoms. The molecule has 1 heterocycles. The highest BCUT2D eigenvalue weighted by Gasteiger charge is 2.14. The number of methoxy groups -OCH3 is 1. The smallest absolute Gasteiger partial charge is 0.257 e.